The summed E-state index contributed by atoms with van der Waals surface area (Å²) in [6, 6.07) is 3.81. The Bertz CT molecular complexity index is 559. The first-order chi connectivity index (χ1) is 9.73. The first-order valence-electron chi connectivity index (χ1n) is 7.55. The van der Waals surface area contributed by atoms with Crippen molar-refractivity contribution in [1.29, 1.82) is 0 Å². The predicted molar refractivity (Wildman–Crippen MR) is 89.4 cm³/mol. The zero-order chi connectivity index (χ0) is 16.2. The Hall–Kier alpha value is -1.07. The molecule has 1 unspecified atom stereocenters. The van der Waals surface area contributed by atoms with E-state index in [2.05, 4.69) is 19.2 Å². The molecule has 0 spiro atoms. The first kappa shape index (κ1) is 18.0. The van der Waals surface area contributed by atoms with E-state index in [1.54, 1.807) is 7.05 Å². The van der Waals surface area contributed by atoms with E-state index in [4.69, 9.17) is 0 Å². The van der Waals surface area contributed by atoms with Gasteiger partial charge in [0.1, 0.15) is 0 Å². The molecule has 1 aromatic rings. The maximum absolute atomic E-state index is 12.8. The van der Waals surface area contributed by atoms with Gasteiger partial charge in [0.25, 0.3) is 0 Å². The minimum absolute atomic E-state index is 0.353. The Morgan fingerprint density at radius 2 is 1.71 bits per heavy atom. The molecule has 0 amide bonds. The van der Waals surface area contributed by atoms with Crippen molar-refractivity contribution in [1.82, 2.24) is 4.31 Å². The van der Waals surface area contributed by atoms with Crippen LogP contribution in [0.3, 0.4) is 0 Å². The number of nitrogens with zero attached hydrogens (tertiary/aromatic N) is 1. The minimum atomic E-state index is -3.43. The summed E-state index contributed by atoms with van der Waals surface area (Å²) in [4.78, 5) is 0.440. The van der Waals surface area contributed by atoms with Crippen molar-refractivity contribution in [2.75, 3.05) is 25.5 Å². The van der Waals surface area contributed by atoms with Gasteiger partial charge in [-0.2, -0.15) is 0 Å². The van der Waals surface area contributed by atoms with Gasteiger partial charge in [-0.1, -0.05) is 20.3 Å². The van der Waals surface area contributed by atoms with Crippen molar-refractivity contribution in [2.24, 2.45) is 5.92 Å². The zero-order valence-electron chi connectivity index (χ0n) is 14.0. The highest BCUT2D eigenvalue weighted by Crippen LogP contribution is 2.27. The van der Waals surface area contributed by atoms with Gasteiger partial charge >= 0.3 is 0 Å². The van der Waals surface area contributed by atoms with Crippen molar-refractivity contribution in [3.63, 3.8) is 0 Å². The maximum atomic E-state index is 12.8. The zero-order valence-corrected chi connectivity index (χ0v) is 14.8. The van der Waals surface area contributed by atoms with Crippen LogP contribution in [-0.2, 0) is 10.0 Å². The molecule has 0 aliphatic rings. The molecule has 1 rings (SSSR count). The maximum Gasteiger partial charge on any atom is 0.243 e. The van der Waals surface area contributed by atoms with Gasteiger partial charge in [-0.05, 0) is 49.9 Å². The molecule has 1 atom stereocenters. The lowest BCUT2D eigenvalue weighted by molar-refractivity contribution is 0.393. The summed E-state index contributed by atoms with van der Waals surface area (Å²) in [6.45, 7) is 11.3. The Labute approximate surface area is 129 Å². The number of rotatable bonds is 7. The van der Waals surface area contributed by atoms with E-state index < -0.39 is 10.0 Å². The van der Waals surface area contributed by atoms with E-state index >= 15 is 0 Å². The molecule has 0 aliphatic heterocycles. The third kappa shape index (κ3) is 4.20. The monoisotopic (exact) mass is 312 g/mol. The summed E-state index contributed by atoms with van der Waals surface area (Å²) in [6.07, 6.45) is 0.969. The molecule has 120 valence electrons. The quantitative estimate of drug-likeness (QED) is 0.839. The van der Waals surface area contributed by atoms with Gasteiger partial charge in [0, 0.05) is 25.8 Å². The van der Waals surface area contributed by atoms with Crippen LogP contribution in [0.2, 0.25) is 0 Å². The summed E-state index contributed by atoms with van der Waals surface area (Å²) in [5.41, 5.74) is 2.56. The molecule has 5 heteroatoms. The van der Waals surface area contributed by atoms with Crippen LogP contribution in [0.5, 0.6) is 0 Å². The smallest absolute Gasteiger partial charge is 0.243 e. The molecule has 0 fully saturated rings. The van der Waals surface area contributed by atoms with E-state index in [0.29, 0.717) is 17.4 Å². The van der Waals surface area contributed by atoms with Gasteiger partial charge in [-0.25, -0.2) is 12.7 Å². The van der Waals surface area contributed by atoms with E-state index in [0.717, 1.165) is 29.8 Å². The van der Waals surface area contributed by atoms with Gasteiger partial charge in [0.2, 0.25) is 10.0 Å². The molecule has 0 radical (unpaired) electrons. The number of anilines is 1. The predicted octanol–water partition coefficient (Wildman–Crippen LogP) is 3.40. The SMILES string of the molecule is CCNc1cc(C)c(S(=O)(=O)N(C)CC(C)CC)c(C)c1. The van der Waals surface area contributed by atoms with Crippen molar-refractivity contribution in [3.8, 4) is 0 Å². The summed E-state index contributed by atoms with van der Waals surface area (Å²) in [7, 11) is -1.77. The van der Waals surface area contributed by atoms with Crippen molar-refractivity contribution in [2.45, 2.75) is 45.9 Å². The average Bonchev–Trinajstić information content (AvgIpc) is 2.37. The molecule has 0 aromatic heterocycles. The molecular formula is C16H28N2O2S. The number of nitrogens with one attached hydrogen (secondary N) is 1. The van der Waals surface area contributed by atoms with Crippen LogP contribution >= 0.6 is 0 Å². The number of aryl methyl sites for hydroxylation is 2. The van der Waals surface area contributed by atoms with Crippen LogP contribution in [-0.4, -0.2) is 32.9 Å². The highest BCUT2D eigenvalue weighted by atomic mass is 32.2. The molecule has 0 bridgehead atoms. The van der Waals surface area contributed by atoms with Gasteiger partial charge in [0.05, 0.1) is 4.90 Å². The average molecular weight is 312 g/mol. The summed E-state index contributed by atoms with van der Waals surface area (Å²) >= 11 is 0. The Balaban J connectivity index is 3.19. The second kappa shape index (κ2) is 7.27. The topological polar surface area (TPSA) is 49.4 Å². The first-order valence-corrected chi connectivity index (χ1v) is 8.99. The van der Waals surface area contributed by atoms with E-state index in [1.807, 2.05) is 32.9 Å². The third-order valence-corrected chi connectivity index (χ3v) is 5.90. The van der Waals surface area contributed by atoms with Crippen LogP contribution in [0, 0.1) is 19.8 Å². The Kier molecular flexibility index (Phi) is 6.23. The molecular weight excluding hydrogens is 284 g/mol. The second-order valence-electron chi connectivity index (χ2n) is 5.77. The lowest BCUT2D eigenvalue weighted by Crippen LogP contribution is -2.32. The standard InChI is InChI=1S/C16H28N2O2S/c1-7-12(3)11-18(6)21(19,20)16-13(4)9-15(17-8-2)10-14(16)5/h9-10,12,17H,7-8,11H2,1-6H3. The van der Waals surface area contributed by atoms with E-state index in [-0.39, 0.29) is 0 Å². The fraction of sp³-hybridized carbons (Fsp3) is 0.625. The third-order valence-electron chi connectivity index (χ3n) is 3.78. The molecule has 0 aliphatic carbocycles. The summed E-state index contributed by atoms with van der Waals surface area (Å²) < 4.78 is 27.1. The molecule has 0 saturated heterocycles. The largest absolute Gasteiger partial charge is 0.385 e. The number of hydrogen-bond acceptors (Lipinski definition) is 3. The van der Waals surface area contributed by atoms with Gasteiger partial charge in [-0.3, -0.25) is 0 Å². The fourth-order valence-electron chi connectivity index (χ4n) is 2.49. The number of sulfonamides is 1. The van der Waals surface area contributed by atoms with Crippen molar-refractivity contribution in [3.05, 3.63) is 23.3 Å². The van der Waals surface area contributed by atoms with Crippen LogP contribution in [0.15, 0.2) is 17.0 Å². The van der Waals surface area contributed by atoms with Crippen LogP contribution in [0.4, 0.5) is 5.69 Å². The Morgan fingerprint density at radius 1 is 1.19 bits per heavy atom. The van der Waals surface area contributed by atoms with Gasteiger partial charge in [0.15, 0.2) is 0 Å². The number of hydrogen-bond donors (Lipinski definition) is 1. The molecule has 4 nitrogen and oxygen atoms in total. The molecule has 21 heavy (non-hydrogen) atoms. The van der Waals surface area contributed by atoms with Crippen LogP contribution in [0.1, 0.15) is 38.3 Å². The van der Waals surface area contributed by atoms with E-state index in [1.165, 1.54) is 4.31 Å². The van der Waals surface area contributed by atoms with Crippen molar-refractivity contribution >= 4 is 15.7 Å². The highest BCUT2D eigenvalue weighted by molar-refractivity contribution is 7.89. The molecule has 0 heterocycles. The lowest BCUT2D eigenvalue weighted by atomic mass is 10.1. The number of benzene rings is 1. The molecule has 1 N–H and O–H groups in total. The van der Waals surface area contributed by atoms with E-state index in [9.17, 15) is 8.42 Å². The normalized spacial score (nSPS) is 13.5. The van der Waals surface area contributed by atoms with Crippen LogP contribution in [0.25, 0.3) is 0 Å². The van der Waals surface area contributed by atoms with Crippen LogP contribution < -0.4 is 5.32 Å². The summed E-state index contributed by atoms with van der Waals surface area (Å²) in [5.74, 6) is 0.353. The summed E-state index contributed by atoms with van der Waals surface area (Å²) in [5, 5.41) is 3.23. The Morgan fingerprint density at radius 3 is 2.14 bits per heavy atom. The molecule has 0 saturated carbocycles. The molecule has 1 aromatic carbocycles. The minimum Gasteiger partial charge on any atom is -0.385 e. The second-order valence-corrected chi connectivity index (χ2v) is 7.75. The lowest BCUT2D eigenvalue weighted by Gasteiger charge is -2.23. The fourth-order valence-corrected chi connectivity index (χ4v) is 4.18. The highest BCUT2D eigenvalue weighted by Gasteiger charge is 2.26. The van der Waals surface area contributed by atoms with Gasteiger partial charge < -0.3 is 5.32 Å². The van der Waals surface area contributed by atoms with Crippen molar-refractivity contribution < 1.29 is 8.42 Å². The van der Waals surface area contributed by atoms with Gasteiger partial charge in [-0.15, -0.1) is 0 Å².